The van der Waals surface area contributed by atoms with Gasteiger partial charge in [0.25, 0.3) is 0 Å². The number of β-amino-alcohol motifs (C(OH)–C–C–N with tert-alkyl or cyclic N) is 1. The van der Waals surface area contributed by atoms with Crippen molar-refractivity contribution in [1.82, 2.24) is 9.80 Å². The molecule has 4 nitrogen and oxygen atoms in total. The summed E-state index contributed by atoms with van der Waals surface area (Å²) in [5.74, 6) is 0. The van der Waals surface area contributed by atoms with Crippen molar-refractivity contribution in [2.45, 2.75) is 43.9 Å². The van der Waals surface area contributed by atoms with Gasteiger partial charge in [-0.1, -0.05) is 43.2 Å². The predicted octanol–water partition coefficient (Wildman–Crippen LogP) is 2.12. The largest absolute Gasteiger partial charge is 0.390 e. The van der Waals surface area contributed by atoms with Crippen LogP contribution in [0.1, 0.15) is 31.2 Å². The van der Waals surface area contributed by atoms with Crippen molar-refractivity contribution in [2.24, 2.45) is 0 Å². The van der Waals surface area contributed by atoms with Crippen LogP contribution in [0.2, 0.25) is 0 Å². The van der Waals surface area contributed by atoms with E-state index < -0.39 is 0 Å². The number of ether oxygens (including phenoxy) is 1. The first-order valence-electron chi connectivity index (χ1n) is 8.92. The molecule has 1 N–H and O–H groups in total. The zero-order chi connectivity index (χ0) is 16.1. The molecule has 0 bridgehead atoms. The van der Waals surface area contributed by atoms with Gasteiger partial charge in [0.15, 0.2) is 0 Å². The van der Waals surface area contributed by atoms with Crippen LogP contribution in [0.3, 0.4) is 0 Å². The molecular formula is C19H30N2O2. The molecule has 1 heterocycles. The summed E-state index contributed by atoms with van der Waals surface area (Å²) >= 11 is 0. The number of aliphatic hydroxyl groups excluding tert-OH is 1. The molecule has 1 saturated heterocycles. The molecule has 2 aliphatic rings. The maximum absolute atomic E-state index is 10.5. The van der Waals surface area contributed by atoms with Crippen molar-refractivity contribution in [1.29, 1.82) is 0 Å². The van der Waals surface area contributed by atoms with Crippen LogP contribution in [0.15, 0.2) is 30.3 Å². The van der Waals surface area contributed by atoms with E-state index in [4.69, 9.17) is 4.74 Å². The molecule has 2 fully saturated rings. The van der Waals surface area contributed by atoms with Crippen LogP contribution in [-0.2, 0) is 11.3 Å². The monoisotopic (exact) mass is 318 g/mol. The van der Waals surface area contributed by atoms with Gasteiger partial charge in [-0.2, -0.15) is 0 Å². The van der Waals surface area contributed by atoms with Crippen molar-refractivity contribution in [3.8, 4) is 0 Å². The highest BCUT2D eigenvalue weighted by molar-refractivity contribution is 5.14. The molecule has 0 radical (unpaired) electrons. The highest BCUT2D eigenvalue weighted by Gasteiger charge is 2.39. The number of likely N-dealkylation sites (N-methyl/N-ethyl adjacent to an activating group) is 1. The average Bonchev–Trinajstić information content (AvgIpc) is 2.95. The summed E-state index contributed by atoms with van der Waals surface area (Å²) in [5, 5.41) is 10.5. The molecule has 4 heteroatoms. The second-order valence-corrected chi connectivity index (χ2v) is 7.31. The van der Waals surface area contributed by atoms with Crippen LogP contribution >= 0.6 is 0 Å². The summed E-state index contributed by atoms with van der Waals surface area (Å²) in [6.45, 7) is 5.09. The van der Waals surface area contributed by atoms with E-state index in [0.717, 1.165) is 32.8 Å². The number of hydrogen-bond donors (Lipinski definition) is 1. The fourth-order valence-corrected chi connectivity index (χ4v) is 4.08. The zero-order valence-electron chi connectivity index (χ0n) is 14.3. The first-order valence-corrected chi connectivity index (χ1v) is 8.92. The molecule has 128 valence electrons. The van der Waals surface area contributed by atoms with Gasteiger partial charge in [0, 0.05) is 32.7 Å². The number of nitrogens with zero attached hydrogens (tertiary/aromatic N) is 2. The molecule has 0 amide bonds. The lowest BCUT2D eigenvalue weighted by molar-refractivity contribution is -0.111. The van der Waals surface area contributed by atoms with Gasteiger partial charge in [-0.15, -0.1) is 0 Å². The topological polar surface area (TPSA) is 35.9 Å². The fourth-order valence-electron chi connectivity index (χ4n) is 4.08. The Bertz CT molecular complexity index is 474. The Morgan fingerprint density at radius 1 is 1.26 bits per heavy atom. The van der Waals surface area contributed by atoms with Crippen molar-refractivity contribution in [3.63, 3.8) is 0 Å². The Labute approximate surface area is 140 Å². The van der Waals surface area contributed by atoms with Gasteiger partial charge in [-0.3, -0.25) is 9.80 Å². The van der Waals surface area contributed by atoms with Gasteiger partial charge < -0.3 is 9.84 Å². The molecule has 0 aromatic heterocycles. The van der Waals surface area contributed by atoms with E-state index in [-0.39, 0.29) is 11.7 Å². The maximum Gasteiger partial charge on any atom is 0.0809 e. The van der Waals surface area contributed by atoms with E-state index >= 15 is 0 Å². The Morgan fingerprint density at radius 3 is 2.74 bits per heavy atom. The van der Waals surface area contributed by atoms with E-state index in [1.807, 2.05) is 6.07 Å². The minimum Gasteiger partial charge on any atom is -0.390 e. The lowest BCUT2D eigenvalue weighted by atomic mass is 9.99. The molecule has 1 unspecified atom stereocenters. The standard InChI is InChI=1S/C19H30N2O2/c1-20(13-17-7-3-2-4-8-17)14-18(22)15-21-11-12-23-19(16-21)9-5-6-10-19/h2-4,7-8,18,22H,5-6,9-16H2,1H3. The van der Waals surface area contributed by atoms with Crippen molar-refractivity contribution in [2.75, 3.05) is 39.8 Å². The minimum absolute atomic E-state index is 0.0912. The molecule has 1 aromatic rings. The summed E-state index contributed by atoms with van der Waals surface area (Å²) in [6.07, 6.45) is 4.65. The van der Waals surface area contributed by atoms with Gasteiger partial charge in [-0.05, 0) is 25.5 Å². The Hall–Kier alpha value is -0.940. The Kier molecular flexibility index (Phi) is 5.70. The minimum atomic E-state index is -0.305. The van der Waals surface area contributed by atoms with Gasteiger partial charge in [0.2, 0.25) is 0 Å². The van der Waals surface area contributed by atoms with Crippen molar-refractivity contribution < 1.29 is 9.84 Å². The summed E-state index contributed by atoms with van der Waals surface area (Å²) in [6, 6.07) is 10.4. The Morgan fingerprint density at radius 2 is 2.00 bits per heavy atom. The van der Waals surface area contributed by atoms with Crippen molar-refractivity contribution in [3.05, 3.63) is 35.9 Å². The average molecular weight is 318 g/mol. The fraction of sp³-hybridized carbons (Fsp3) is 0.684. The molecule has 1 atom stereocenters. The predicted molar refractivity (Wildman–Crippen MR) is 92.4 cm³/mol. The first kappa shape index (κ1) is 16.9. The van der Waals surface area contributed by atoms with Crippen LogP contribution in [0.4, 0.5) is 0 Å². The molecule has 1 spiro atoms. The van der Waals surface area contributed by atoms with Gasteiger partial charge >= 0.3 is 0 Å². The summed E-state index contributed by atoms with van der Waals surface area (Å²) in [7, 11) is 2.08. The molecule has 1 aliphatic carbocycles. The SMILES string of the molecule is CN(Cc1ccccc1)CC(O)CN1CCOC2(CCCC2)C1. The van der Waals surface area contributed by atoms with E-state index in [0.29, 0.717) is 6.54 Å². The van der Waals surface area contributed by atoms with Crippen molar-refractivity contribution >= 4 is 0 Å². The lowest BCUT2D eigenvalue weighted by Gasteiger charge is -2.41. The third kappa shape index (κ3) is 4.77. The first-order chi connectivity index (χ1) is 11.2. The maximum atomic E-state index is 10.5. The Balaban J connectivity index is 1.44. The second-order valence-electron chi connectivity index (χ2n) is 7.31. The van der Waals surface area contributed by atoms with E-state index in [9.17, 15) is 5.11 Å². The molecule has 1 saturated carbocycles. The third-order valence-corrected chi connectivity index (χ3v) is 5.13. The summed E-state index contributed by atoms with van der Waals surface area (Å²) < 4.78 is 6.06. The van der Waals surface area contributed by atoms with Gasteiger partial charge in [0.05, 0.1) is 18.3 Å². The summed E-state index contributed by atoms with van der Waals surface area (Å²) in [4.78, 5) is 4.60. The number of aliphatic hydroxyl groups is 1. The highest BCUT2D eigenvalue weighted by Crippen LogP contribution is 2.35. The normalized spacial score (nSPS) is 22.7. The van der Waals surface area contributed by atoms with E-state index in [2.05, 4.69) is 41.1 Å². The van der Waals surface area contributed by atoms with Crippen LogP contribution in [-0.4, -0.2) is 66.4 Å². The van der Waals surface area contributed by atoms with E-state index in [1.54, 1.807) is 0 Å². The molecule has 23 heavy (non-hydrogen) atoms. The molecular weight excluding hydrogens is 288 g/mol. The lowest BCUT2D eigenvalue weighted by Crippen LogP contribution is -2.52. The van der Waals surface area contributed by atoms with Crippen LogP contribution in [0.5, 0.6) is 0 Å². The number of morpholine rings is 1. The van der Waals surface area contributed by atoms with Gasteiger partial charge in [0.1, 0.15) is 0 Å². The van der Waals surface area contributed by atoms with Gasteiger partial charge in [-0.25, -0.2) is 0 Å². The molecule has 1 aliphatic heterocycles. The number of benzene rings is 1. The second kappa shape index (κ2) is 7.75. The molecule has 1 aromatic carbocycles. The van der Waals surface area contributed by atoms with Crippen LogP contribution in [0.25, 0.3) is 0 Å². The van der Waals surface area contributed by atoms with Crippen LogP contribution < -0.4 is 0 Å². The smallest absolute Gasteiger partial charge is 0.0809 e. The third-order valence-electron chi connectivity index (χ3n) is 5.13. The quantitative estimate of drug-likeness (QED) is 0.872. The zero-order valence-corrected chi connectivity index (χ0v) is 14.3. The molecule has 3 rings (SSSR count). The number of hydrogen-bond acceptors (Lipinski definition) is 4. The highest BCUT2D eigenvalue weighted by atomic mass is 16.5. The number of rotatable bonds is 6. The summed E-state index contributed by atoms with van der Waals surface area (Å²) in [5.41, 5.74) is 1.38. The van der Waals surface area contributed by atoms with E-state index in [1.165, 1.54) is 31.2 Å². The van der Waals surface area contributed by atoms with Crippen LogP contribution in [0, 0.1) is 0 Å².